The Kier molecular flexibility index (Phi) is 7.81. The van der Waals surface area contributed by atoms with Crippen molar-refractivity contribution in [1.29, 1.82) is 0 Å². The van der Waals surface area contributed by atoms with Gasteiger partial charge in [-0.2, -0.15) is 4.31 Å². The molecule has 0 radical (unpaired) electrons. The van der Waals surface area contributed by atoms with Gasteiger partial charge >= 0.3 is 4.87 Å². The Labute approximate surface area is 180 Å². The van der Waals surface area contributed by atoms with Gasteiger partial charge in [0.25, 0.3) is 0 Å². The van der Waals surface area contributed by atoms with Crippen LogP contribution >= 0.6 is 11.3 Å². The maximum atomic E-state index is 12.7. The molecular weight excluding hydrogens is 426 g/mol. The lowest BCUT2D eigenvalue weighted by Gasteiger charge is -2.26. The molecule has 0 saturated carbocycles. The van der Waals surface area contributed by atoms with Crippen molar-refractivity contribution in [1.82, 2.24) is 14.2 Å². The Bertz CT molecular complexity index is 1020. The zero-order valence-corrected chi connectivity index (χ0v) is 18.6. The lowest BCUT2D eigenvalue weighted by atomic mass is 10.1. The first kappa shape index (κ1) is 22.7. The SMILES string of the molecule is Cc1csc(=O)n1CCCC(=O)NCc1ccccc1CS(=O)(=O)N1CCOCC1. The van der Waals surface area contributed by atoms with Crippen molar-refractivity contribution >= 4 is 27.3 Å². The van der Waals surface area contributed by atoms with E-state index in [1.807, 2.05) is 24.4 Å². The van der Waals surface area contributed by atoms with E-state index < -0.39 is 10.0 Å². The molecule has 1 aromatic carbocycles. The summed E-state index contributed by atoms with van der Waals surface area (Å²) in [5.74, 6) is -0.221. The van der Waals surface area contributed by atoms with Crippen LogP contribution in [0.4, 0.5) is 0 Å². The molecule has 2 aromatic rings. The second-order valence-electron chi connectivity index (χ2n) is 7.21. The number of amides is 1. The molecule has 1 aliphatic rings. The van der Waals surface area contributed by atoms with Crippen LogP contribution in [0, 0.1) is 6.92 Å². The van der Waals surface area contributed by atoms with E-state index in [9.17, 15) is 18.0 Å². The number of sulfonamides is 1. The van der Waals surface area contributed by atoms with Gasteiger partial charge in [-0.25, -0.2) is 8.42 Å². The molecule has 0 unspecified atom stereocenters. The highest BCUT2D eigenvalue weighted by Crippen LogP contribution is 2.16. The Hall–Kier alpha value is -2.01. The Morgan fingerprint density at radius 3 is 2.57 bits per heavy atom. The van der Waals surface area contributed by atoms with Gasteiger partial charge in [-0.15, -0.1) is 0 Å². The molecular formula is C20H27N3O5S2. The topological polar surface area (TPSA) is 97.7 Å². The summed E-state index contributed by atoms with van der Waals surface area (Å²) in [4.78, 5) is 23.9. The second-order valence-corrected chi connectivity index (χ2v) is 10.0. The number of hydrogen-bond acceptors (Lipinski definition) is 6. The lowest BCUT2D eigenvalue weighted by Crippen LogP contribution is -2.41. The largest absolute Gasteiger partial charge is 0.379 e. The van der Waals surface area contributed by atoms with E-state index in [2.05, 4.69) is 5.32 Å². The van der Waals surface area contributed by atoms with Crippen LogP contribution < -0.4 is 10.2 Å². The van der Waals surface area contributed by atoms with Gasteiger partial charge in [0.05, 0.1) is 19.0 Å². The average molecular weight is 454 g/mol. The van der Waals surface area contributed by atoms with Gasteiger partial charge in [-0.1, -0.05) is 35.6 Å². The number of carbonyl (C=O) groups is 1. The van der Waals surface area contributed by atoms with Crippen molar-refractivity contribution in [3.63, 3.8) is 0 Å². The number of rotatable bonds is 9. The molecule has 10 heteroatoms. The van der Waals surface area contributed by atoms with E-state index in [0.29, 0.717) is 51.3 Å². The molecule has 0 bridgehead atoms. The fourth-order valence-corrected chi connectivity index (χ4v) is 5.66. The molecule has 0 aliphatic carbocycles. The zero-order valence-electron chi connectivity index (χ0n) is 17.0. The van der Waals surface area contributed by atoms with E-state index in [1.165, 1.54) is 4.31 Å². The Morgan fingerprint density at radius 2 is 1.90 bits per heavy atom. The minimum Gasteiger partial charge on any atom is -0.379 e. The van der Waals surface area contributed by atoms with Crippen LogP contribution in [0.25, 0.3) is 0 Å². The molecule has 1 saturated heterocycles. The van der Waals surface area contributed by atoms with Gasteiger partial charge in [0, 0.05) is 43.7 Å². The number of ether oxygens (including phenoxy) is 1. The van der Waals surface area contributed by atoms with Crippen LogP contribution in [0.5, 0.6) is 0 Å². The highest BCUT2D eigenvalue weighted by molar-refractivity contribution is 7.88. The standard InChI is InChI=1S/C20H27N3O5S2/c1-16-14-29-20(25)23(16)8-4-7-19(24)21-13-17-5-2-3-6-18(17)15-30(26,27)22-9-11-28-12-10-22/h2-3,5-6,14H,4,7-13,15H2,1H3,(H,21,24). The van der Waals surface area contributed by atoms with Crippen molar-refractivity contribution in [2.24, 2.45) is 0 Å². The normalized spacial score (nSPS) is 15.2. The molecule has 30 heavy (non-hydrogen) atoms. The molecule has 164 valence electrons. The minimum absolute atomic E-state index is 0.0108. The third-order valence-electron chi connectivity index (χ3n) is 5.06. The number of hydrogen-bond donors (Lipinski definition) is 1. The third-order valence-corrected chi connectivity index (χ3v) is 7.77. The summed E-state index contributed by atoms with van der Waals surface area (Å²) in [7, 11) is -3.44. The summed E-state index contributed by atoms with van der Waals surface area (Å²) in [6, 6.07) is 7.25. The van der Waals surface area contributed by atoms with Crippen LogP contribution in [0.15, 0.2) is 34.4 Å². The number of aromatic nitrogens is 1. The number of nitrogens with one attached hydrogen (secondary N) is 1. The van der Waals surface area contributed by atoms with E-state index in [0.717, 1.165) is 22.6 Å². The first-order valence-electron chi connectivity index (χ1n) is 9.91. The van der Waals surface area contributed by atoms with Gasteiger partial charge in [0.1, 0.15) is 0 Å². The van der Waals surface area contributed by atoms with Crippen molar-refractivity contribution in [2.45, 2.75) is 38.6 Å². The van der Waals surface area contributed by atoms with Crippen LogP contribution in [0.3, 0.4) is 0 Å². The van der Waals surface area contributed by atoms with Crippen molar-refractivity contribution in [3.05, 3.63) is 56.1 Å². The second kappa shape index (κ2) is 10.3. The molecule has 1 fully saturated rings. The van der Waals surface area contributed by atoms with E-state index in [4.69, 9.17) is 4.74 Å². The fourth-order valence-electron chi connectivity index (χ4n) is 3.34. The fraction of sp³-hybridized carbons (Fsp3) is 0.500. The van der Waals surface area contributed by atoms with Gasteiger partial charge < -0.3 is 14.6 Å². The minimum atomic E-state index is -3.44. The summed E-state index contributed by atoms with van der Waals surface area (Å²) < 4.78 is 33.8. The highest BCUT2D eigenvalue weighted by atomic mass is 32.2. The van der Waals surface area contributed by atoms with Crippen molar-refractivity contribution in [3.8, 4) is 0 Å². The summed E-state index contributed by atoms with van der Waals surface area (Å²) in [5, 5.41) is 4.67. The highest BCUT2D eigenvalue weighted by Gasteiger charge is 2.25. The van der Waals surface area contributed by atoms with Crippen LogP contribution in [0.2, 0.25) is 0 Å². The predicted molar refractivity (Wildman–Crippen MR) is 116 cm³/mol. The maximum absolute atomic E-state index is 12.7. The molecule has 2 heterocycles. The smallest absolute Gasteiger partial charge is 0.307 e. The van der Waals surface area contributed by atoms with E-state index in [-0.39, 0.29) is 23.1 Å². The van der Waals surface area contributed by atoms with Gasteiger partial charge in [0.15, 0.2) is 0 Å². The number of carbonyl (C=O) groups excluding carboxylic acids is 1. The van der Waals surface area contributed by atoms with E-state index in [1.54, 1.807) is 16.7 Å². The van der Waals surface area contributed by atoms with Gasteiger partial charge in [0.2, 0.25) is 15.9 Å². The molecule has 0 spiro atoms. The zero-order chi connectivity index (χ0) is 21.6. The van der Waals surface area contributed by atoms with Crippen LogP contribution in [-0.2, 0) is 38.4 Å². The van der Waals surface area contributed by atoms with Gasteiger partial charge in [-0.3, -0.25) is 9.59 Å². The number of aryl methyl sites for hydroxylation is 1. The summed E-state index contributed by atoms with van der Waals surface area (Å²) in [6.45, 7) is 4.21. The lowest BCUT2D eigenvalue weighted by molar-refractivity contribution is -0.121. The van der Waals surface area contributed by atoms with Crippen LogP contribution in [0.1, 0.15) is 29.7 Å². The quantitative estimate of drug-likeness (QED) is 0.620. The molecule has 1 N–H and O–H groups in total. The maximum Gasteiger partial charge on any atom is 0.307 e. The number of morpholine rings is 1. The summed E-state index contributed by atoms with van der Waals surface area (Å²) >= 11 is 1.16. The average Bonchev–Trinajstić information content (AvgIpc) is 3.05. The summed E-state index contributed by atoms with van der Waals surface area (Å²) in [6.07, 6.45) is 0.867. The van der Waals surface area contributed by atoms with Crippen LogP contribution in [-0.4, -0.2) is 49.5 Å². The molecule has 1 amide bonds. The molecule has 3 rings (SSSR count). The van der Waals surface area contributed by atoms with Crippen molar-refractivity contribution in [2.75, 3.05) is 26.3 Å². The first-order valence-corrected chi connectivity index (χ1v) is 12.4. The van der Waals surface area contributed by atoms with E-state index >= 15 is 0 Å². The molecule has 8 nitrogen and oxygen atoms in total. The number of nitrogens with zero attached hydrogens (tertiary/aromatic N) is 2. The van der Waals surface area contributed by atoms with Crippen molar-refractivity contribution < 1.29 is 17.9 Å². The molecule has 1 aliphatic heterocycles. The first-order chi connectivity index (χ1) is 14.4. The Morgan fingerprint density at radius 1 is 1.20 bits per heavy atom. The van der Waals surface area contributed by atoms with Gasteiger partial charge in [-0.05, 0) is 24.5 Å². The monoisotopic (exact) mass is 453 g/mol. The number of benzene rings is 1. The molecule has 1 aromatic heterocycles. The predicted octanol–water partition coefficient (Wildman–Crippen LogP) is 1.48. The number of thiazole rings is 1. The summed E-state index contributed by atoms with van der Waals surface area (Å²) in [5.41, 5.74) is 2.37. The Balaban J connectivity index is 1.53. The third kappa shape index (κ3) is 6.00. The molecule has 0 atom stereocenters.